The molecule has 0 unspecified atom stereocenters. The minimum absolute atomic E-state index is 0.000710. The van der Waals surface area contributed by atoms with E-state index in [1.165, 1.54) is 42.3 Å². The van der Waals surface area contributed by atoms with E-state index in [4.69, 9.17) is 27.9 Å². The first kappa shape index (κ1) is 29.3. The topological polar surface area (TPSA) is 96.0 Å². The fourth-order valence-corrected chi connectivity index (χ4v) is 5.55. The van der Waals surface area contributed by atoms with Gasteiger partial charge in [-0.2, -0.15) is 0 Å². The molecule has 0 radical (unpaired) electrons. The van der Waals surface area contributed by atoms with Crippen LogP contribution in [0.1, 0.15) is 19.4 Å². The Kier molecular flexibility index (Phi) is 10.0. The molecule has 1 N–H and O–H groups in total. The zero-order chi connectivity index (χ0) is 27.9. The highest BCUT2D eigenvalue weighted by Gasteiger charge is 2.32. The Morgan fingerprint density at radius 3 is 2.24 bits per heavy atom. The van der Waals surface area contributed by atoms with Crippen molar-refractivity contribution in [2.75, 3.05) is 24.5 Å². The van der Waals surface area contributed by atoms with Crippen molar-refractivity contribution in [3.63, 3.8) is 0 Å². The molecule has 2 amide bonds. The van der Waals surface area contributed by atoms with Crippen LogP contribution in [0.4, 0.5) is 5.69 Å². The summed E-state index contributed by atoms with van der Waals surface area (Å²) in [7, 11) is -2.74. The minimum atomic E-state index is -4.19. The molecule has 0 aliphatic rings. The number of hydrogen-bond acceptors (Lipinski definition) is 5. The van der Waals surface area contributed by atoms with Crippen LogP contribution in [0.2, 0.25) is 10.0 Å². The first-order valence-corrected chi connectivity index (χ1v) is 14.0. The molecule has 0 heterocycles. The summed E-state index contributed by atoms with van der Waals surface area (Å²) in [5.74, 6) is -0.585. The number of methoxy groups -OCH3 is 1. The molecule has 0 saturated heterocycles. The summed E-state index contributed by atoms with van der Waals surface area (Å²) >= 11 is 12.3. The smallest absolute Gasteiger partial charge is 0.264 e. The van der Waals surface area contributed by atoms with Gasteiger partial charge in [0.05, 0.1) is 22.7 Å². The Balaban J connectivity index is 2.04. The van der Waals surface area contributed by atoms with E-state index in [0.29, 0.717) is 17.3 Å². The van der Waals surface area contributed by atoms with Crippen molar-refractivity contribution in [2.24, 2.45) is 0 Å². The van der Waals surface area contributed by atoms with Gasteiger partial charge in [0.15, 0.2) is 0 Å². The predicted molar refractivity (Wildman–Crippen MR) is 149 cm³/mol. The zero-order valence-corrected chi connectivity index (χ0v) is 23.6. The van der Waals surface area contributed by atoms with Gasteiger partial charge in [-0.3, -0.25) is 13.9 Å². The Hall–Kier alpha value is -3.27. The predicted octanol–water partition coefficient (Wildman–Crippen LogP) is 4.75. The third kappa shape index (κ3) is 6.98. The number of rotatable bonds is 11. The first-order valence-electron chi connectivity index (χ1n) is 11.8. The van der Waals surface area contributed by atoms with Gasteiger partial charge in [0.25, 0.3) is 10.0 Å². The second-order valence-electron chi connectivity index (χ2n) is 8.36. The summed E-state index contributed by atoms with van der Waals surface area (Å²) in [5.41, 5.74) is 0.897. The maximum Gasteiger partial charge on any atom is 0.264 e. The average Bonchev–Trinajstić information content (AvgIpc) is 2.91. The van der Waals surface area contributed by atoms with Crippen LogP contribution in [-0.4, -0.2) is 51.4 Å². The number of halogens is 2. The molecule has 38 heavy (non-hydrogen) atoms. The number of anilines is 1. The fourth-order valence-electron chi connectivity index (χ4n) is 3.75. The monoisotopic (exact) mass is 577 g/mol. The number of nitrogens with one attached hydrogen (secondary N) is 1. The van der Waals surface area contributed by atoms with E-state index in [1.54, 1.807) is 56.3 Å². The summed E-state index contributed by atoms with van der Waals surface area (Å²) in [6.07, 6.45) is 0. The number of ether oxygens (including phenoxy) is 1. The van der Waals surface area contributed by atoms with E-state index in [1.807, 2.05) is 0 Å². The van der Waals surface area contributed by atoms with Gasteiger partial charge < -0.3 is 15.0 Å². The van der Waals surface area contributed by atoms with Gasteiger partial charge in [-0.05, 0) is 61.9 Å². The van der Waals surface area contributed by atoms with Crippen LogP contribution >= 0.6 is 23.2 Å². The second kappa shape index (κ2) is 13.0. The molecule has 0 spiro atoms. The van der Waals surface area contributed by atoms with E-state index in [-0.39, 0.29) is 28.1 Å². The Morgan fingerprint density at radius 2 is 1.66 bits per heavy atom. The highest BCUT2D eigenvalue weighted by atomic mass is 35.5. The van der Waals surface area contributed by atoms with Crippen LogP contribution < -0.4 is 14.4 Å². The maximum atomic E-state index is 13.8. The van der Waals surface area contributed by atoms with Crippen LogP contribution in [0.25, 0.3) is 0 Å². The van der Waals surface area contributed by atoms with E-state index in [0.717, 1.165) is 9.87 Å². The molecule has 0 aliphatic heterocycles. The number of carbonyl (C=O) groups excluding carboxylic acids is 2. The molecular weight excluding hydrogens is 549 g/mol. The van der Waals surface area contributed by atoms with Crippen molar-refractivity contribution in [3.05, 3.63) is 88.4 Å². The molecule has 11 heteroatoms. The molecule has 3 aromatic carbocycles. The van der Waals surface area contributed by atoms with Crippen molar-refractivity contribution in [2.45, 2.75) is 31.3 Å². The lowest BCUT2D eigenvalue weighted by Gasteiger charge is -2.32. The summed E-state index contributed by atoms with van der Waals surface area (Å²) in [5, 5.41) is 3.43. The number of hydrogen-bond donors (Lipinski definition) is 1. The summed E-state index contributed by atoms with van der Waals surface area (Å²) < 4.78 is 33.7. The third-order valence-electron chi connectivity index (χ3n) is 5.82. The lowest BCUT2D eigenvalue weighted by molar-refractivity contribution is -0.139. The van der Waals surface area contributed by atoms with Crippen LogP contribution in [0.3, 0.4) is 0 Å². The van der Waals surface area contributed by atoms with Gasteiger partial charge in [-0.15, -0.1) is 0 Å². The van der Waals surface area contributed by atoms with E-state index >= 15 is 0 Å². The Morgan fingerprint density at radius 1 is 1.00 bits per heavy atom. The lowest BCUT2D eigenvalue weighted by atomic mass is 10.1. The van der Waals surface area contributed by atoms with Crippen molar-refractivity contribution in [1.82, 2.24) is 10.2 Å². The van der Waals surface area contributed by atoms with Crippen LogP contribution in [-0.2, 0) is 26.2 Å². The summed E-state index contributed by atoms with van der Waals surface area (Å²) in [6, 6.07) is 18.2. The van der Waals surface area contributed by atoms with Crippen molar-refractivity contribution < 1.29 is 22.7 Å². The second-order valence-corrected chi connectivity index (χ2v) is 11.1. The van der Waals surface area contributed by atoms with E-state index in [2.05, 4.69) is 5.32 Å². The normalized spacial score (nSPS) is 11.9. The summed E-state index contributed by atoms with van der Waals surface area (Å²) in [6.45, 7) is 3.25. The van der Waals surface area contributed by atoms with Gasteiger partial charge in [0, 0.05) is 18.1 Å². The van der Waals surface area contributed by atoms with E-state index < -0.39 is 28.5 Å². The van der Waals surface area contributed by atoms with Gasteiger partial charge >= 0.3 is 0 Å². The molecule has 0 fully saturated rings. The number of likely N-dealkylation sites (N-methyl/N-ethyl adjacent to an activating group) is 1. The zero-order valence-electron chi connectivity index (χ0n) is 21.2. The third-order valence-corrected chi connectivity index (χ3v) is 8.15. The Labute approximate surface area is 233 Å². The highest BCUT2D eigenvalue weighted by molar-refractivity contribution is 7.92. The van der Waals surface area contributed by atoms with Gasteiger partial charge in [0.1, 0.15) is 18.3 Å². The molecule has 0 bridgehead atoms. The highest BCUT2D eigenvalue weighted by Crippen LogP contribution is 2.32. The number of nitrogens with zero attached hydrogens (tertiary/aromatic N) is 2. The molecule has 202 valence electrons. The number of carbonyl (C=O) groups is 2. The first-order chi connectivity index (χ1) is 18.1. The summed E-state index contributed by atoms with van der Waals surface area (Å²) in [4.78, 5) is 27.9. The number of benzene rings is 3. The van der Waals surface area contributed by atoms with Crippen LogP contribution in [0.15, 0.2) is 77.7 Å². The maximum absolute atomic E-state index is 13.8. The SMILES string of the molecule is CCNC(=O)[C@H](C)N(Cc1ccc(Cl)cc1)C(=O)CN(c1ccc(OC)c(Cl)c1)S(=O)(=O)c1ccccc1. The van der Waals surface area contributed by atoms with Gasteiger partial charge in [-0.25, -0.2) is 8.42 Å². The molecule has 8 nitrogen and oxygen atoms in total. The van der Waals surface area contributed by atoms with Crippen LogP contribution in [0, 0.1) is 0 Å². The number of amides is 2. The fraction of sp³-hybridized carbons (Fsp3) is 0.259. The molecular formula is C27H29Cl2N3O5S. The molecule has 0 aromatic heterocycles. The van der Waals surface area contributed by atoms with Crippen molar-refractivity contribution in [1.29, 1.82) is 0 Å². The molecule has 1 atom stereocenters. The standard InChI is InChI=1S/C27H29Cl2N3O5S/c1-4-30-27(34)19(2)31(17-20-10-12-21(28)13-11-20)26(33)18-32(22-14-15-25(37-3)24(29)16-22)38(35,36)23-8-6-5-7-9-23/h5-16,19H,4,17-18H2,1-3H3,(H,30,34)/t19-/m0/s1. The largest absolute Gasteiger partial charge is 0.495 e. The average molecular weight is 579 g/mol. The van der Waals surface area contributed by atoms with Crippen LogP contribution in [0.5, 0.6) is 5.75 Å². The van der Waals surface area contributed by atoms with E-state index in [9.17, 15) is 18.0 Å². The van der Waals surface area contributed by atoms with Crippen molar-refractivity contribution in [3.8, 4) is 5.75 Å². The van der Waals surface area contributed by atoms with Gasteiger partial charge in [0.2, 0.25) is 11.8 Å². The number of sulfonamides is 1. The Bertz CT molecular complexity index is 1370. The lowest BCUT2D eigenvalue weighted by Crippen LogP contribution is -2.51. The molecule has 0 saturated carbocycles. The molecule has 0 aliphatic carbocycles. The van der Waals surface area contributed by atoms with Gasteiger partial charge in [-0.1, -0.05) is 53.5 Å². The quantitative estimate of drug-likeness (QED) is 0.354. The van der Waals surface area contributed by atoms with Crippen molar-refractivity contribution >= 4 is 50.7 Å². The molecule has 3 rings (SSSR count). The minimum Gasteiger partial charge on any atom is -0.495 e. The molecule has 3 aromatic rings.